The van der Waals surface area contributed by atoms with Gasteiger partial charge in [0.2, 0.25) is 0 Å². The van der Waals surface area contributed by atoms with Gasteiger partial charge < -0.3 is 10.1 Å². The van der Waals surface area contributed by atoms with Gasteiger partial charge in [0, 0.05) is 37.2 Å². The van der Waals surface area contributed by atoms with Crippen molar-refractivity contribution in [2.24, 2.45) is 0 Å². The summed E-state index contributed by atoms with van der Waals surface area (Å²) in [5, 5.41) is 5.54. The van der Waals surface area contributed by atoms with E-state index in [-0.39, 0.29) is 0 Å². The van der Waals surface area contributed by atoms with Crippen molar-refractivity contribution in [3.05, 3.63) is 22.4 Å². The van der Waals surface area contributed by atoms with E-state index in [1.165, 1.54) is 4.88 Å². The average molecular weight is 256 g/mol. The van der Waals surface area contributed by atoms with Crippen LogP contribution in [0, 0.1) is 0 Å². The van der Waals surface area contributed by atoms with Crippen LogP contribution in [0.2, 0.25) is 0 Å². The van der Waals surface area contributed by atoms with Crippen LogP contribution in [0.4, 0.5) is 0 Å². The zero-order chi connectivity index (χ0) is 12.7. The van der Waals surface area contributed by atoms with E-state index >= 15 is 0 Å². The fraction of sp³-hybridized carbons (Fsp3) is 0.692. The Bertz CT molecular complexity index is 290. The predicted octanol–water partition coefficient (Wildman–Crippen LogP) is 2.37. The minimum absolute atomic E-state index is 0.481. The number of nitrogens with zero attached hydrogens (tertiary/aromatic N) is 1. The number of rotatable bonds is 8. The molecular formula is C13H24N2OS. The lowest BCUT2D eigenvalue weighted by molar-refractivity contribution is 0.178. The van der Waals surface area contributed by atoms with Crippen molar-refractivity contribution >= 4 is 11.3 Å². The summed E-state index contributed by atoms with van der Waals surface area (Å²) < 4.78 is 5.02. The first-order valence-corrected chi connectivity index (χ1v) is 6.99. The van der Waals surface area contributed by atoms with E-state index in [4.69, 9.17) is 4.74 Å². The summed E-state index contributed by atoms with van der Waals surface area (Å²) in [5.74, 6) is 0. The topological polar surface area (TPSA) is 24.5 Å². The molecule has 1 aromatic heterocycles. The second kappa shape index (κ2) is 7.82. The van der Waals surface area contributed by atoms with Crippen LogP contribution in [-0.4, -0.2) is 44.8 Å². The second-order valence-corrected chi connectivity index (χ2v) is 5.38. The molecule has 0 fully saturated rings. The van der Waals surface area contributed by atoms with Crippen LogP contribution in [0.3, 0.4) is 0 Å². The molecule has 0 aliphatic heterocycles. The highest BCUT2D eigenvalue weighted by atomic mass is 32.1. The molecule has 1 aromatic rings. The average Bonchev–Trinajstić information content (AvgIpc) is 2.86. The van der Waals surface area contributed by atoms with Gasteiger partial charge in [-0.1, -0.05) is 6.07 Å². The third-order valence-electron chi connectivity index (χ3n) is 3.18. The van der Waals surface area contributed by atoms with E-state index in [0.29, 0.717) is 12.1 Å². The SMILES string of the molecule is COCCNCC(C)N(C)C(C)c1cccs1. The predicted molar refractivity (Wildman–Crippen MR) is 74.7 cm³/mol. The summed E-state index contributed by atoms with van der Waals surface area (Å²) in [6.07, 6.45) is 0. The lowest BCUT2D eigenvalue weighted by atomic mass is 10.2. The Labute approximate surface area is 109 Å². The fourth-order valence-corrected chi connectivity index (χ4v) is 2.58. The van der Waals surface area contributed by atoms with Crippen LogP contribution in [0.5, 0.6) is 0 Å². The van der Waals surface area contributed by atoms with Crippen LogP contribution in [0.15, 0.2) is 17.5 Å². The van der Waals surface area contributed by atoms with Crippen molar-refractivity contribution in [3.8, 4) is 0 Å². The zero-order valence-electron chi connectivity index (χ0n) is 11.3. The number of hydrogen-bond acceptors (Lipinski definition) is 4. The standard InChI is InChI=1S/C13H24N2OS/c1-11(10-14-7-8-16-4)15(3)12(2)13-6-5-9-17-13/h5-6,9,11-12,14H,7-8,10H2,1-4H3. The molecular weight excluding hydrogens is 232 g/mol. The first-order chi connectivity index (χ1) is 8.16. The molecule has 0 radical (unpaired) electrons. The Morgan fingerprint density at radius 1 is 1.47 bits per heavy atom. The number of methoxy groups -OCH3 is 1. The Morgan fingerprint density at radius 3 is 2.82 bits per heavy atom. The smallest absolute Gasteiger partial charge is 0.0587 e. The molecule has 1 rings (SSSR count). The Balaban J connectivity index is 2.33. The summed E-state index contributed by atoms with van der Waals surface area (Å²) in [4.78, 5) is 3.84. The third-order valence-corrected chi connectivity index (χ3v) is 4.23. The van der Waals surface area contributed by atoms with Crippen LogP contribution < -0.4 is 5.32 Å². The van der Waals surface area contributed by atoms with Crippen molar-refractivity contribution in [2.45, 2.75) is 25.9 Å². The van der Waals surface area contributed by atoms with Gasteiger partial charge in [0.15, 0.2) is 0 Å². The van der Waals surface area contributed by atoms with Gasteiger partial charge in [-0.25, -0.2) is 0 Å². The first kappa shape index (κ1) is 14.6. The van der Waals surface area contributed by atoms with E-state index in [1.54, 1.807) is 7.11 Å². The molecule has 0 bridgehead atoms. The molecule has 0 aliphatic rings. The van der Waals surface area contributed by atoms with E-state index in [9.17, 15) is 0 Å². The molecule has 1 heterocycles. The molecule has 1 N–H and O–H groups in total. The van der Waals surface area contributed by atoms with Crippen LogP contribution in [-0.2, 0) is 4.74 Å². The maximum absolute atomic E-state index is 5.02. The molecule has 98 valence electrons. The molecule has 17 heavy (non-hydrogen) atoms. The van der Waals surface area contributed by atoms with Crippen LogP contribution in [0.25, 0.3) is 0 Å². The van der Waals surface area contributed by atoms with Gasteiger partial charge in [-0.2, -0.15) is 0 Å². The van der Waals surface area contributed by atoms with Crippen molar-refractivity contribution in [1.82, 2.24) is 10.2 Å². The Morgan fingerprint density at radius 2 is 2.24 bits per heavy atom. The maximum atomic E-state index is 5.02. The largest absolute Gasteiger partial charge is 0.383 e. The second-order valence-electron chi connectivity index (χ2n) is 4.40. The third kappa shape index (κ3) is 4.76. The zero-order valence-corrected chi connectivity index (χ0v) is 12.1. The summed E-state index contributed by atoms with van der Waals surface area (Å²) in [6.45, 7) is 7.20. The van der Waals surface area contributed by atoms with Gasteiger partial charge in [0.25, 0.3) is 0 Å². The van der Waals surface area contributed by atoms with Gasteiger partial charge in [0.05, 0.1) is 6.61 Å². The minimum atomic E-state index is 0.481. The van der Waals surface area contributed by atoms with Gasteiger partial charge in [0.1, 0.15) is 0 Å². The normalized spacial score (nSPS) is 15.1. The van der Waals surface area contributed by atoms with Gasteiger partial charge in [-0.15, -0.1) is 11.3 Å². The van der Waals surface area contributed by atoms with Crippen molar-refractivity contribution in [2.75, 3.05) is 33.9 Å². The Kier molecular flexibility index (Phi) is 6.73. The molecule has 0 aromatic carbocycles. The monoisotopic (exact) mass is 256 g/mol. The molecule has 0 amide bonds. The molecule has 0 spiro atoms. The van der Waals surface area contributed by atoms with E-state index in [1.807, 2.05) is 11.3 Å². The van der Waals surface area contributed by atoms with Crippen LogP contribution in [0.1, 0.15) is 24.8 Å². The number of hydrogen-bond donors (Lipinski definition) is 1. The minimum Gasteiger partial charge on any atom is -0.383 e. The van der Waals surface area contributed by atoms with Crippen LogP contribution >= 0.6 is 11.3 Å². The molecule has 0 aliphatic carbocycles. The summed E-state index contributed by atoms with van der Waals surface area (Å²) >= 11 is 1.83. The maximum Gasteiger partial charge on any atom is 0.0587 e. The van der Waals surface area contributed by atoms with Gasteiger partial charge >= 0.3 is 0 Å². The lowest BCUT2D eigenvalue weighted by Gasteiger charge is -2.30. The molecule has 3 nitrogen and oxygen atoms in total. The molecule has 0 saturated carbocycles. The van der Waals surface area contributed by atoms with Gasteiger partial charge in [-0.3, -0.25) is 4.90 Å². The molecule has 4 heteroatoms. The highest BCUT2D eigenvalue weighted by Crippen LogP contribution is 2.24. The summed E-state index contributed by atoms with van der Waals surface area (Å²) in [5.41, 5.74) is 0. The number of thiophene rings is 1. The van der Waals surface area contributed by atoms with E-state index in [2.05, 4.69) is 48.6 Å². The highest BCUT2D eigenvalue weighted by molar-refractivity contribution is 7.10. The molecule has 2 atom stereocenters. The fourth-order valence-electron chi connectivity index (χ4n) is 1.74. The summed E-state index contributed by atoms with van der Waals surface area (Å²) in [6, 6.07) is 5.32. The van der Waals surface area contributed by atoms with E-state index in [0.717, 1.165) is 19.7 Å². The number of likely N-dealkylation sites (N-methyl/N-ethyl adjacent to an activating group) is 1. The van der Waals surface area contributed by atoms with E-state index < -0.39 is 0 Å². The number of nitrogens with one attached hydrogen (secondary N) is 1. The summed E-state index contributed by atoms with van der Waals surface area (Å²) in [7, 11) is 3.92. The van der Waals surface area contributed by atoms with Crippen molar-refractivity contribution < 1.29 is 4.74 Å². The molecule has 0 saturated heterocycles. The first-order valence-electron chi connectivity index (χ1n) is 6.11. The van der Waals surface area contributed by atoms with Crippen molar-refractivity contribution in [3.63, 3.8) is 0 Å². The quantitative estimate of drug-likeness (QED) is 0.723. The highest BCUT2D eigenvalue weighted by Gasteiger charge is 2.17. The van der Waals surface area contributed by atoms with Crippen molar-refractivity contribution in [1.29, 1.82) is 0 Å². The Hall–Kier alpha value is -0.420. The lowest BCUT2D eigenvalue weighted by Crippen LogP contribution is -2.39. The number of ether oxygens (including phenoxy) is 1. The van der Waals surface area contributed by atoms with Gasteiger partial charge in [-0.05, 0) is 32.3 Å². The molecule has 2 unspecified atom stereocenters.